The van der Waals surface area contributed by atoms with Crippen LogP contribution in [0.15, 0.2) is 23.1 Å². The molecule has 1 fully saturated rings. The van der Waals surface area contributed by atoms with Gasteiger partial charge in [0.05, 0.1) is 0 Å². The fourth-order valence-electron chi connectivity index (χ4n) is 2.14. The lowest BCUT2D eigenvalue weighted by atomic mass is 10.2. The molecule has 0 aromatic heterocycles. The summed E-state index contributed by atoms with van der Waals surface area (Å²) in [5.74, 6) is -0.834. The van der Waals surface area contributed by atoms with E-state index < -0.39 is 15.8 Å². The molecule has 1 unspecified atom stereocenters. The van der Waals surface area contributed by atoms with Crippen LogP contribution in [-0.2, 0) is 10.0 Å². The van der Waals surface area contributed by atoms with Gasteiger partial charge in [-0.2, -0.15) is 0 Å². The highest BCUT2D eigenvalue weighted by Gasteiger charge is 2.20. The van der Waals surface area contributed by atoms with Crippen LogP contribution < -0.4 is 10.0 Å². The monoisotopic (exact) mass is 306 g/mol. The van der Waals surface area contributed by atoms with Crippen LogP contribution in [0.5, 0.6) is 0 Å². The minimum atomic E-state index is -3.81. The van der Waals surface area contributed by atoms with Gasteiger partial charge >= 0.3 is 0 Å². The maximum Gasteiger partial charge on any atom is 0.243 e. The van der Waals surface area contributed by atoms with Crippen molar-refractivity contribution in [3.8, 4) is 0 Å². The molecule has 1 aliphatic rings. The lowest BCUT2D eigenvalue weighted by molar-refractivity contribution is 0.532. The lowest BCUT2D eigenvalue weighted by Gasteiger charge is -2.11. The third-order valence-electron chi connectivity index (χ3n) is 3.13. The minimum absolute atomic E-state index is 0.173. The van der Waals surface area contributed by atoms with Crippen LogP contribution in [0.25, 0.3) is 0 Å². The molecule has 0 amide bonds. The predicted molar refractivity (Wildman–Crippen MR) is 72.2 cm³/mol. The molecule has 1 heterocycles. The van der Waals surface area contributed by atoms with Gasteiger partial charge in [-0.05, 0) is 44.0 Å². The number of hydrogen-bond acceptors (Lipinski definition) is 3. The van der Waals surface area contributed by atoms with Crippen LogP contribution in [0.2, 0.25) is 5.02 Å². The van der Waals surface area contributed by atoms with E-state index in [1.807, 2.05) is 0 Å². The Balaban J connectivity index is 1.97. The Morgan fingerprint density at radius 2 is 2.26 bits per heavy atom. The van der Waals surface area contributed by atoms with Crippen molar-refractivity contribution < 1.29 is 12.8 Å². The highest BCUT2D eigenvalue weighted by atomic mass is 35.5. The van der Waals surface area contributed by atoms with Crippen molar-refractivity contribution in [2.24, 2.45) is 0 Å². The third-order valence-corrected chi connectivity index (χ3v) is 4.86. The summed E-state index contributed by atoms with van der Waals surface area (Å²) in [5, 5.41) is 3.45. The molecule has 19 heavy (non-hydrogen) atoms. The van der Waals surface area contributed by atoms with Gasteiger partial charge in [-0.3, -0.25) is 0 Å². The van der Waals surface area contributed by atoms with Gasteiger partial charge in [0.15, 0.2) is 0 Å². The Hall–Kier alpha value is -0.690. The summed E-state index contributed by atoms with van der Waals surface area (Å²) < 4.78 is 39.8. The van der Waals surface area contributed by atoms with Crippen LogP contribution in [0, 0.1) is 5.82 Å². The Bertz CT molecular complexity index is 545. The zero-order chi connectivity index (χ0) is 13.9. The summed E-state index contributed by atoms with van der Waals surface area (Å²) in [6, 6.07) is 3.87. The molecule has 7 heteroatoms. The van der Waals surface area contributed by atoms with Crippen LogP contribution in [0.4, 0.5) is 4.39 Å². The second-order valence-electron chi connectivity index (χ2n) is 4.55. The van der Waals surface area contributed by atoms with Crippen LogP contribution in [0.1, 0.15) is 19.3 Å². The molecular formula is C12H16ClFN2O2S. The van der Waals surface area contributed by atoms with Crippen molar-refractivity contribution in [2.75, 3.05) is 13.1 Å². The molecule has 1 aromatic rings. The second-order valence-corrected chi connectivity index (χ2v) is 6.73. The van der Waals surface area contributed by atoms with E-state index in [0.29, 0.717) is 19.0 Å². The first-order valence-electron chi connectivity index (χ1n) is 6.17. The normalized spacial score (nSPS) is 19.8. The smallest absolute Gasteiger partial charge is 0.243 e. The Kier molecular flexibility index (Phi) is 4.78. The Labute approximate surface area is 117 Å². The molecule has 0 bridgehead atoms. The molecule has 4 nitrogen and oxygen atoms in total. The standard InChI is InChI=1S/C12H16ClFN2O2S/c13-9-3-4-12(11(14)8-9)19(17,18)16-7-5-10-2-1-6-15-10/h3-4,8,10,15-16H,1-2,5-7H2. The van der Waals surface area contributed by atoms with Crippen LogP contribution in [0.3, 0.4) is 0 Å². The molecule has 1 saturated heterocycles. The SMILES string of the molecule is O=S(=O)(NCCC1CCCN1)c1ccc(Cl)cc1F. The van der Waals surface area contributed by atoms with Gasteiger partial charge in [-0.1, -0.05) is 11.6 Å². The average Bonchev–Trinajstić information content (AvgIpc) is 2.81. The average molecular weight is 307 g/mol. The second kappa shape index (κ2) is 6.17. The first-order chi connectivity index (χ1) is 8.99. The van der Waals surface area contributed by atoms with Crippen molar-refractivity contribution in [3.63, 3.8) is 0 Å². The molecule has 0 radical (unpaired) electrons. The maximum absolute atomic E-state index is 13.6. The summed E-state index contributed by atoms with van der Waals surface area (Å²) in [6.07, 6.45) is 2.87. The lowest BCUT2D eigenvalue weighted by Crippen LogP contribution is -2.31. The number of hydrogen-bond donors (Lipinski definition) is 2. The van der Waals surface area contributed by atoms with E-state index >= 15 is 0 Å². The number of halogens is 2. The molecule has 2 N–H and O–H groups in total. The quantitative estimate of drug-likeness (QED) is 0.873. The molecule has 2 rings (SSSR count). The van der Waals surface area contributed by atoms with Gasteiger partial charge in [0, 0.05) is 17.6 Å². The summed E-state index contributed by atoms with van der Waals surface area (Å²) in [7, 11) is -3.81. The molecule has 0 spiro atoms. The van der Waals surface area contributed by atoms with E-state index in [-0.39, 0.29) is 9.92 Å². The van der Waals surface area contributed by atoms with E-state index in [0.717, 1.165) is 25.5 Å². The molecule has 0 aliphatic carbocycles. The molecular weight excluding hydrogens is 291 g/mol. The Morgan fingerprint density at radius 1 is 1.47 bits per heavy atom. The molecule has 0 saturated carbocycles. The van der Waals surface area contributed by atoms with Crippen molar-refractivity contribution in [1.82, 2.24) is 10.0 Å². The van der Waals surface area contributed by atoms with Gasteiger partial charge in [-0.15, -0.1) is 0 Å². The highest BCUT2D eigenvalue weighted by Crippen LogP contribution is 2.19. The molecule has 106 valence electrons. The summed E-state index contributed by atoms with van der Waals surface area (Å²) in [6.45, 7) is 1.27. The summed E-state index contributed by atoms with van der Waals surface area (Å²) in [5.41, 5.74) is 0. The van der Waals surface area contributed by atoms with Gasteiger partial charge in [0.25, 0.3) is 0 Å². The molecule has 1 aromatic carbocycles. The van der Waals surface area contributed by atoms with Crippen molar-refractivity contribution >= 4 is 21.6 Å². The van der Waals surface area contributed by atoms with E-state index in [9.17, 15) is 12.8 Å². The first-order valence-corrected chi connectivity index (χ1v) is 8.03. The Morgan fingerprint density at radius 3 is 2.89 bits per heavy atom. The number of benzene rings is 1. The van der Waals surface area contributed by atoms with Crippen molar-refractivity contribution in [3.05, 3.63) is 29.0 Å². The van der Waals surface area contributed by atoms with Gasteiger partial charge in [0.2, 0.25) is 10.0 Å². The zero-order valence-corrected chi connectivity index (χ0v) is 11.9. The van der Waals surface area contributed by atoms with Gasteiger partial charge in [0.1, 0.15) is 10.7 Å². The maximum atomic E-state index is 13.6. The van der Waals surface area contributed by atoms with E-state index in [2.05, 4.69) is 10.0 Å². The topological polar surface area (TPSA) is 58.2 Å². The fourth-order valence-corrected chi connectivity index (χ4v) is 3.41. The van der Waals surface area contributed by atoms with Crippen LogP contribution >= 0.6 is 11.6 Å². The largest absolute Gasteiger partial charge is 0.314 e. The van der Waals surface area contributed by atoms with Crippen molar-refractivity contribution in [2.45, 2.75) is 30.2 Å². The van der Waals surface area contributed by atoms with Crippen LogP contribution in [-0.4, -0.2) is 27.5 Å². The fraction of sp³-hybridized carbons (Fsp3) is 0.500. The van der Waals surface area contributed by atoms with Gasteiger partial charge in [-0.25, -0.2) is 17.5 Å². The number of sulfonamides is 1. The summed E-state index contributed by atoms with van der Waals surface area (Å²) in [4.78, 5) is -0.365. The number of nitrogens with one attached hydrogen (secondary N) is 2. The molecule has 1 atom stereocenters. The van der Waals surface area contributed by atoms with E-state index in [1.54, 1.807) is 0 Å². The first kappa shape index (κ1) is 14.7. The minimum Gasteiger partial charge on any atom is -0.314 e. The van der Waals surface area contributed by atoms with E-state index in [1.165, 1.54) is 12.1 Å². The predicted octanol–water partition coefficient (Wildman–Crippen LogP) is 1.90. The number of rotatable bonds is 5. The van der Waals surface area contributed by atoms with E-state index in [4.69, 9.17) is 11.6 Å². The van der Waals surface area contributed by atoms with Gasteiger partial charge < -0.3 is 5.32 Å². The zero-order valence-electron chi connectivity index (χ0n) is 10.3. The van der Waals surface area contributed by atoms with Crippen molar-refractivity contribution in [1.29, 1.82) is 0 Å². The molecule has 1 aliphatic heterocycles. The summed E-state index contributed by atoms with van der Waals surface area (Å²) >= 11 is 5.59. The highest BCUT2D eigenvalue weighted by molar-refractivity contribution is 7.89. The third kappa shape index (κ3) is 3.89.